The first-order valence-corrected chi connectivity index (χ1v) is 7.49. The molecule has 6 heteroatoms. The van der Waals surface area contributed by atoms with E-state index in [0.29, 0.717) is 17.0 Å². The Morgan fingerprint density at radius 1 is 1.21 bits per heavy atom. The van der Waals surface area contributed by atoms with Crippen molar-refractivity contribution < 1.29 is 23.8 Å². The van der Waals surface area contributed by atoms with Crippen LogP contribution in [0.3, 0.4) is 0 Å². The molecule has 1 aromatic rings. The highest BCUT2D eigenvalue weighted by molar-refractivity contribution is 6.10. The lowest BCUT2D eigenvalue weighted by molar-refractivity contribution is -0.510. The summed E-state index contributed by atoms with van der Waals surface area (Å²) < 4.78 is 10.8. The molecule has 0 saturated heterocycles. The summed E-state index contributed by atoms with van der Waals surface area (Å²) in [6.07, 6.45) is 6.04. The van der Waals surface area contributed by atoms with E-state index in [1.54, 1.807) is 43.5 Å². The van der Waals surface area contributed by atoms with Crippen LogP contribution >= 0.6 is 0 Å². The van der Waals surface area contributed by atoms with E-state index < -0.39 is 17.4 Å². The van der Waals surface area contributed by atoms with Gasteiger partial charge in [0, 0.05) is 12.0 Å². The number of benzene rings is 1. The average molecular weight is 327 g/mol. The molecule has 124 valence electrons. The molecule has 6 nitrogen and oxygen atoms in total. The summed E-state index contributed by atoms with van der Waals surface area (Å²) in [7, 11) is 2.85. The summed E-state index contributed by atoms with van der Waals surface area (Å²) in [5, 5.41) is 13.0. The molecule has 1 aromatic carbocycles. The van der Waals surface area contributed by atoms with Crippen molar-refractivity contribution in [3.8, 4) is 5.75 Å². The van der Waals surface area contributed by atoms with Crippen molar-refractivity contribution in [2.24, 2.45) is 5.92 Å². The van der Waals surface area contributed by atoms with E-state index in [9.17, 15) is 14.8 Å². The standard InChI is InChI=1S/C18H17NO5/c1-23-14-5-3-12(4-6-14)16-15(17(21)24-2)11-18(19(16)22)9-7-13(20)8-10-18/h3-10,15H,11H2,1-2H3/t15-/m1/s1. The SMILES string of the molecule is COC(=O)[C@@H]1CC2(C=CC(=O)C=C2)[N+]([O-])=C1c1ccc(OC)cc1. The Hall–Kier alpha value is -2.89. The zero-order chi connectivity index (χ0) is 17.3. The molecule has 0 amide bonds. The van der Waals surface area contributed by atoms with Crippen molar-refractivity contribution >= 4 is 17.5 Å². The first kappa shape index (κ1) is 16.0. The van der Waals surface area contributed by atoms with E-state index in [1.165, 1.54) is 19.3 Å². The van der Waals surface area contributed by atoms with Gasteiger partial charge < -0.3 is 14.7 Å². The smallest absolute Gasteiger partial charge is 0.319 e. The highest BCUT2D eigenvalue weighted by Crippen LogP contribution is 2.36. The zero-order valence-corrected chi connectivity index (χ0v) is 13.4. The van der Waals surface area contributed by atoms with Gasteiger partial charge in [-0.1, -0.05) is 0 Å². The molecule has 0 radical (unpaired) electrons. The quantitative estimate of drug-likeness (QED) is 0.479. The third-order valence-corrected chi connectivity index (χ3v) is 4.40. The monoisotopic (exact) mass is 327 g/mol. The summed E-state index contributed by atoms with van der Waals surface area (Å²) >= 11 is 0. The van der Waals surface area contributed by atoms with Crippen molar-refractivity contribution in [1.29, 1.82) is 0 Å². The van der Waals surface area contributed by atoms with Crippen LogP contribution < -0.4 is 4.74 Å². The van der Waals surface area contributed by atoms with E-state index in [1.807, 2.05) is 0 Å². The van der Waals surface area contributed by atoms with Crippen molar-refractivity contribution in [2.45, 2.75) is 12.0 Å². The second kappa shape index (κ2) is 5.96. The fraction of sp³-hybridized carbons (Fsp3) is 0.278. The summed E-state index contributed by atoms with van der Waals surface area (Å²) in [6.45, 7) is 0. The van der Waals surface area contributed by atoms with Crippen LogP contribution in [0.1, 0.15) is 12.0 Å². The van der Waals surface area contributed by atoms with Gasteiger partial charge in [-0.05, 0) is 48.6 Å². The van der Waals surface area contributed by atoms with Gasteiger partial charge in [0.25, 0.3) is 0 Å². The van der Waals surface area contributed by atoms with Gasteiger partial charge in [0.15, 0.2) is 5.78 Å². The highest BCUT2D eigenvalue weighted by atomic mass is 16.5. The Morgan fingerprint density at radius 2 is 1.83 bits per heavy atom. The number of rotatable bonds is 3. The first-order valence-electron chi connectivity index (χ1n) is 7.49. The minimum Gasteiger partial charge on any atom is -0.623 e. The third-order valence-electron chi connectivity index (χ3n) is 4.40. The normalized spacial score (nSPS) is 21.4. The number of carbonyl (C=O) groups is 2. The van der Waals surface area contributed by atoms with Crippen LogP contribution in [0.15, 0.2) is 48.6 Å². The lowest BCUT2D eigenvalue weighted by Crippen LogP contribution is -2.34. The predicted octanol–water partition coefficient (Wildman–Crippen LogP) is 1.62. The molecular weight excluding hydrogens is 310 g/mol. The van der Waals surface area contributed by atoms with Gasteiger partial charge in [0.1, 0.15) is 11.7 Å². The van der Waals surface area contributed by atoms with Gasteiger partial charge in [-0.25, -0.2) is 0 Å². The Morgan fingerprint density at radius 3 is 2.38 bits per heavy atom. The van der Waals surface area contributed by atoms with E-state index >= 15 is 0 Å². The van der Waals surface area contributed by atoms with E-state index in [-0.39, 0.29) is 12.2 Å². The Kier molecular flexibility index (Phi) is 3.97. The molecule has 0 saturated carbocycles. The molecule has 1 heterocycles. The molecule has 0 unspecified atom stereocenters. The third kappa shape index (κ3) is 2.50. The second-order valence-electron chi connectivity index (χ2n) is 5.75. The molecule has 1 atom stereocenters. The maximum Gasteiger partial charge on any atom is 0.319 e. The molecule has 3 rings (SSSR count). The minimum absolute atomic E-state index is 0.179. The van der Waals surface area contributed by atoms with Crippen LogP contribution in [0, 0.1) is 11.1 Å². The maximum atomic E-state index is 13.0. The van der Waals surface area contributed by atoms with Gasteiger partial charge in [-0.3, -0.25) is 9.59 Å². The number of hydrogen-bond acceptors (Lipinski definition) is 5. The van der Waals surface area contributed by atoms with Gasteiger partial charge in [-0.15, -0.1) is 0 Å². The predicted molar refractivity (Wildman–Crippen MR) is 86.9 cm³/mol. The average Bonchev–Trinajstić information content (AvgIpc) is 2.90. The Balaban J connectivity index is 2.10. The molecule has 0 aromatic heterocycles. The number of ketones is 1. The summed E-state index contributed by atoms with van der Waals surface area (Å²) in [5.41, 5.74) is -0.0906. The second-order valence-corrected chi connectivity index (χ2v) is 5.75. The molecule has 0 N–H and O–H groups in total. The van der Waals surface area contributed by atoms with Crippen molar-refractivity contribution in [3.63, 3.8) is 0 Å². The van der Waals surface area contributed by atoms with Crippen molar-refractivity contribution in [1.82, 2.24) is 0 Å². The van der Waals surface area contributed by atoms with E-state index in [2.05, 4.69) is 0 Å². The van der Waals surface area contributed by atoms with Crippen molar-refractivity contribution in [2.75, 3.05) is 14.2 Å². The molecule has 0 bridgehead atoms. The lowest BCUT2D eigenvalue weighted by Gasteiger charge is -2.22. The van der Waals surface area contributed by atoms with Gasteiger partial charge in [0.05, 0.1) is 14.2 Å². The highest BCUT2D eigenvalue weighted by Gasteiger charge is 2.52. The minimum atomic E-state index is -1.04. The fourth-order valence-corrected chi connectivity index (χ4v) is 3.13. The summed E-state index contributed by atoms with van der Waals surface area (Å²) in [5.74, 6) is -0.704. The summed E-state index contributed by atoms with van der Waals surface area (Å²) in [6, 6.07) is 6.92. The molecular formula is C18H17NO5. The molecule has 1 spiro atoms. The number of hydrogen-bond donors (Lipinski definition) is 0. The topological polar surface area (TPSA) is 78.7 Å². The molecule has 1 aliphatic carbocycles. The zero-order valence-electron chi connectivity index (χ0n) is 13.4. The summed E-state index contributed by atoms with van der Waals surface area (Å²) in [4.78, 5) is 23.6. The number of esters is 1. The molecule has 24 heavy (non-hydrogen) atoms. The number of hydroxylamine groups is 1. The number of carbonyl (C=O) groups excluding carboxylic acids is 2. The number of ether oxygens (including phenoxy) is 2. The van der Waals surface area contributed by atoms with Crippen molar-refractivity contribution in [3.05, 3.63) is 59.3 Å². The van der Waals surface area contributed by atoms with E-state index in [0.717, 1.165) is 4.74 Å². The Bertz CT molecular complexity index is 757. The maximum absolute atomic E-state index is 13.0. The van der Waals surface area contributed by atoms with Crippen LogP contribution in [0.25, 0.3) is 0 Å². The van der Waals surface area contributed by atoms with Crippen LogP contribution in [0.2, 0.25) is 0 Å². The molecule has 0 fully saturated rings. The first-order chi connectivity index (χ1) is 11.5. The van der Waals surface area contributed by atoms with Crippen LogP contribution in [0.4, 0.5) is 0 Å². The molecule has 2 aliphatic rings. The van der Waals surface area contributed by atoms with Gasteiger partial charge >= 0.3 is 5.97 Å². The van der Waals surface area contributed by atoms with Crippen LogP contribution in [0.5, 0.6) is 5.75 Å². The van der Waals surface area contributed by atoms with Gasteiger partial charge in [0.2, 0.25) is 11.3 Å². The molecule has 1 aliphatic heterocycles. The van der Waals surface area contributed by atoms with Gasteiger partial charge in [-0.2, -0.15) is 4.74 Å². The lowest BCUT2D eigenvalue weighted by atomic mass is 9.86. The van der Waals surface area contributed by atoms with Crippen LogP contribution in [-0.4, -0.2) is 42.0 Å². The van der Waals surface area contributed by atoms with Crippen LogP contribution in [-0.2, 0) is 14.3 Å². The number of allylic oxidation sites excluding steroid dienone is 2. The fourth-order valence-electron chi connectivity index (χ4n) is 3.13. The Labute approximate surface area is 139 Å². The largest absolute Gasteiger partial charge is 0.623 e. The number of methoxy groups -OCH3 is 2. The number of nitrogens with zero attached hydrogens (tertiary/aromatic N) is 1. The van der Waals surface area contributed by atoms with E-state index in [4.69, 9.17) is 9.47 Å².